The van der Waals surface area contributed by atoms with Crippen LogP contribution in [0.5, 0.6) is 5.75 Å². The van der Waals surface area contributed by atoms with Crippen LogP contribution in [-0.4, -0.2) is 24.8 Å². The molecule has 3 N–H and O–H groups in total. The van der Waals surface area contributed by atoms with Crippen molar-refractivity contribution in [2.75, 3.05) is 19.0 Å². The van der Waals surface area contributed by atoms with Crippen LogP contribution in [0.25, 0.3) is 0 Å². The molecule has 0 heterocycles. The van der Waals surface area contributed by atoms with Crippen molar-refractivity contribution in [3.05, 3.63) is 59.2 Å². The van der Waals surface area contributed by atoms with Gasteiger partial charge in [0.15, 0.2) is 0 Å². The van der Waals surface area contributed by atoms with E-state index in [4.69, 9.17) is 4.74 Å². The molecule has 0 aromatic heterocycles. The Morgan fingerprint density at radius 1 is 1.22 bits per heavy atom. The van der Waals surface area contributed by atoms with Gasteiger partial charge in [0.2, 0.25) is 0 Å². The normalized spacial score (nSPS) is 11.7. The Bertz CT molecular complexity index is 686. The fraction of sp³-hybridized carbons (Fsp3) is 0.278. The van der Waals surface area contributed by atoms with E-state index in [9.17, 15) is 9.90 Å². The molecule has 0 aliphatic rings. The molecule has 23 heavy (non-hydrogen) atoms. The second-order valence-corrected chi connectivity index (χ2v) is 5.41. The van der Waals surface area contributed by atoms with Gasteiger partial charge in [-0.2, -0.15) is 0 Å². The van der Waals surface area contributed by atoms with Gasteiger partial charge in [-0.1, -0.05) is 35.9 Å². The van der Waals surface area contributed by atoms with Crippen molar-refractivity contribution in [2.24, 2.45) is 0 Å². The zero-order chi connectivity index (χ0) is 16.8. The van der Waals surface area contributed by atoms with Crippen LogP contribution in [0.15, 0.2) is 42.5 Å². The summed E-state index contributed by atoms with van der Waals surface area (Å²) >= 11 is 0. The quantitative estimate of drug-likeness (QED) is 0.794. The Kier molecular flexibility index (Phi) is 5.60. The minimum atomic E-state index is -0.837. The van der Waals surface area contributed by atoms with Crippen LogP contribution in [0.1, 0.15) is 22.8 Å². The number of aryl methyl sites for hydroxylation is 2. The van der Waals surface area contributed by atoms with E-state index in [1.54, 1.807) is 19.2 Å². The highest BCUT2D eigenvalue weighted by molar-refractivity contribution is 5.90. The topological polar surface area (TPSA) is 70.6 Å². The molecule has 122 valence electrons. The van der Waals surface area contributed by atoms with E-state index >= 15 is 0 Å². The lowest BCUT2D eigenvalue weighted by Crippen LogP contribution is -2.32. The number of aliphatic hydroxyl groups excluding tert-OH is 1. The van der Waals surface area contributed by atoms with Crippen LogP contribution in [0.2, 0.25) is 0 Å². The van der Waals surface area contributed by atoms with Gasteiger partial charge in [-0.3, -0.25) is 0 Å². The first kappa shape index (κ1) is 16.8. The molecule has 2 amide bonds. The maximum Gasteiger partial charge on any atom is 0.319 e. The van der Waals surface area contributed by atoms with Crippen LogP contribution in [0, 0.1) is 13.8 Å². The number of amides is 2. The molecule has 5 heteroatoms. The summed E-state index contributed by atoms with van der Waals surface area (Å²) in [7, 11) is 1.55. The van der Waals surface area contributed by atoms with Gasteiger partial charge in [-0.05, 0) is 31.5 Å². The second kappa shape index (κ2) is 7.65. The standard InChI is InChI=1S/C18H22N2O3/c1-12-8-9-15(13(2)10-12)20-18(22)19-11-16(21)14-6-4-5-7-17(14)23-3/h4-10,16,21H,11H2,1-3H3,(H2,19,20,22)/t16-/m1/s1. The van der Waals surface area contributed by atoms with E-state index in [-0.39, 0.29) is 12.6 Å². The number of ether oxygens (including phenoxy) is 1. The Morgan fingerprint density at radius 3 is 2.65 bits per heavy atom. The van der Waals surface area contributed by atoms with Gasteiger partial charge in [0, 0.05) is 17.8 Å². The minimum absolute atomic E-state index is 0.0944. The molecule has 0 saturated carbocycles. The predicted octanol–water partition coefficient (Wildman–Crippen LogP) is 3.17. The summed E-state index contributed by atoms with van der Waals surface area (Å²) in [5.74, 6) is 0.594. The van der Waals surface area contributed by atoms with Gasteiger partial charge in [-0.15, -0.1) is 0 Å². The molecule has 2 rings (SSSR count). The van der Waals surface area contributed by atoms with Crippen molar-refractivity contribution in [2.45, 2.75) is 20.0 Å². The van der Waals surface area contributed by atoms with Crippen LogP contribution in [-0.2, 0) is 0 Å². The number of hydrogen-bond donors (Lipinski definition) is 3. The molecule has 0 bridgehead atoms. The lowest BCUT2D eigenvalue weighted by atomic mass is 10.1. The summed E-state index contributed by atoms with van der Waals surface area (Å²) in [5.41, 5.74) is 3.52. The van der Waals surface area contributed by atoms with Gasteiger partial charge in [0.1, 0.15) is 5.75 Å². The van der Waals surface area contributed by atoms with E-state index in [1.165, 1.54) is 0 Å². The number of urea groups is 1. The molecule has 0 aliphatic heterocycles. The summed E-state index contributed by atoms with van der Waals surface area (Å²) in [4.78, 5) is 12.0. The van der Waals surface area contributed by atoms with Crippen molar-refractivity contribution >= 4 is 11.7 Å². The summed E-state index contributed by atoms with van der Waals surface area (Å²) in [5, 5.41) is 15.7. The van der Waals surface area contributed by atoms with Crippen molar-refractivity contribution in [3.63, 3.8) is 0 Å². The Labute approximate surface area is 136 Å². The Hall–Kier alpha value is -2.53. The molecule has 0 unspecified atom stereocenters. The van der Waals surface area contributed by atoms with Gasteiger partial charge < -0.3 is 20.5 Å². The maximum absolute atomic E-state index is 12.0. The molecule has 2 aromatic rings. The van der Waals surface area contributed by atoms with Gasteiger partial charge in [-0.25, -0.2) is 4.79 Å². The number of rotatable bonds is 5. The molecule has 0 spiro atoms. The molecule has 0 aliphatic carbocycles. The summed E-state index contributed by atoms with van der Waals surface area (Å²) in [6.07, 6.45) is -0.837. The Balaban J connectivity index is 1.93. The van der Waals surface area contributed by atoms with Gasteiger partial charge in [0.05, 0.1) is 13.2 Å². The van der Waals surface area contributed by atoms with E-state index in [0.29, 0.717) is 11.3 Å². The largest absolute Gasteiger partial charge is 0.496 e. The molecular weight excluding hydrogens is 292 g/mol. The smallest absolute Gasteiger partial charge is 0.319 e. The Morgan fingerprint density at radius 2 is 1.96 bits per heavy atom. The third kappa shape index (κ3) is 4.47. The second-order valence-electron chi connectivity index (χ2n) is 5.41. The third-order valence-corrected chi connectivity index (χ3v) is 3.58. The van der Waals surface area contributed by atoms with E-state index in [2.05, 4.69) is 10.6 Å². The first-order valence-corrected chi connectivity index (χ1v) is 7.44. The number of hydrogen-bond acceptors (Lipinski definition) is 3. The van der Waals surface area contributed by atoms with Crippen molar-refractivity contribution in [3.8, 4) is 5.75 Å². The first-order valence-electron chi connectivity index (χ1n) is 7.44. The number of methoxy groups -OCH3 is 1. The predicted molar refractivity (Wildman–Crippen MR) is 90.9 cm³/mol. The molecule has 0 radical (unpaired) electrons. The average molecular weight is 314 g/mol. The third-order valence-electron chi connectivity index (χ3n) is 3.58. The number of carbonyl (C=O) groups is 1. The molecule has 0 fully saturated rings. The number of nitrogens with one attached hydrogen (secondary N) is 2. The highest BCUT2D eigenvalue weighted by Crippen LogP contribution is 2.24. The maximum atomic E-state index is 12.0. The lowest BCUT2D eigenvalue weighted by molar-refractivity contribution is 0.171. The highest BCUT2D eigenvalue weighted by atomic mass is 16.5. The molecular formula is C18H22N2O3. The highest BCUT2D eigenvalue weighted by Gasteiger charge is 2.14. The summed E-state index contributed by atoms with van der Waals surface area (Å²) in [6.45, 7) is 4.03. The number of carbonyl (C=O) groups excluding carboxylic acids is 1. The number of para-hydroxylation sites is 1. The van der Waals surface area contributed by atoms with Gasteiger partial charge in [0.25, 0.3) is 0 Å². The zero-order valence-corrected chi connectivity index (χ0v) is 13.6. The monoisotopic (exact) mass is 314 g/mol. The first-order chi connectivity index (χ1) is 11.0. The minimum Gasteiger partial charge on any atom is -0.496 e. The number of aliphatic hydroxyl groups is 1. The molecule has 0 saturated heterocycles. The molecule has 1 atom stereocenters. The molecule has 2 aromatic carbocycles. The fourth-order valence-electron chi connectivity index (χ4n) is 2.36. The fourth-order valence-corrected chi connectivity index (χ4v) is 2.36. The SMILES string of the molecule is COc1ccccc1[C@H](O)CNC(=O)Nc1ccc(C)cc1C. The summed E-state index contributed by atoms with van der Waals surface area (Å²) in [6, 6.07) is 12.6. The lowest BCUT2D eigenvalue weighted by Gasteiger charge is -2.16. The van der Waals surface area contributed by atoms with E-state index < -0.39 is 6.10 Å². The molecule has 5 nitrogen and oxygen atoms in total. The van der Waals surface area contributed by atoms with Crippen LogP contribution in [0.4, 0.5) is 10.5 Å². The number of anilines is 1. The zero-order valence-electron chi connectivity index (χ0n) is 13.6. The van der Waals surface area contributed by atoms with Crippen LogP contribution in [0.3, 0.4) is 0 Å². The van der Waals surface area contributed by atoms with Crippen LogP contribution >= 0.6 is 0 Å². The van der Waals surface area contributed by atoms with Crippen molar-refractivity contribution < 1.29 is 14.6 Å². The van der Waals surface area contributed by atoms with Crippen molar-refractivity contribution in [1.82, 2.24) is 5.32 Å². The average Bonchev–Trinajstić information content (AvgIpc) is 2.55. The van der Waals surface area contributed by atoms with E-state index in [0.717, 1.165) is 16.8 Å². The van der Waals surface area contributed by atoms with Crippen molar-refractivity contribution in [1.29, 1.82) is 0 Å². The van der Waals surface area contributed by atoms with Crippen LogP contribution < -0.4 is 15.4 Å². The van der Waals surface area contributed by atoms with E-state index in [1.807, 2.05) is 44.2 Å². The number of benzene rings is 2. The summed E-state index contributed by atoms with van der Waals surface area (Å²) < 4.78 is 5.21. The van der Waals surface area contributed by atoms with Gasteiger partial charge >= 0.3 is 6.03 Å².